The van der Waals surface area contributed by atoms with Gasteiger partial charge in [-0.25, -0.2) is 0 Å². The molecule has 1 aliphatic heterocycles. The summed E-state index contributed by atoms with van der Waals surface area (Å²) in [7, 11) is 0. The molecule has 5 nitrogen and oxygen atoms in total. The summed E-state index contributed by atoms with van der Waals surface area (Å²) < 4.78 is 5.79. The summed E-state index contributed by atoms with van der Waals surface area (Å²) in [6.45, 7) is -0.300. The molecule has 142 valence electrons. The molecule has 0 bridgehead atoms. The average molecular weight is 375 g/mol. The van der Waals surface area contributed by atoms with Gasteiger partial charge in [-0.1, -0.05) is 61.4 Å². The molecule has 2 atom stereocenters. The molecule has 0 radical (unpaired) electrons. The number of rotatable bonds is 3. The smallest absolute Gasteiger partial charge is 0.327 e. The molecule has 28 heavy (non-hydrogen) atoms. The van der Waals surface area contributed by atoms with Crippen LogP contribution in [0.15, 0.2) is 48.5 Å². The van der Waals surface area contributed by atoms with Crippen molar-refractivity contribution in [2.75, 3.05) is 6.54 Å². The van der Waals surface area contributed by atoms with E-state index in [0.717, 1.165) is 52.8 Å². The molecule has 2 aliphatic carbocycles. The van der Waals surface area contributed by atoms with Crippen molar-refractivity contribution < 1.29 is 19.1 Å². The molecule has 0 unspecified atom stereocenters. The second-order valence-corrected chi connectivity index (χ2v) is 7.80. The Morgan fingerprint density at radius 1 is 0.857 bits per heavy atom. The van der Waals surface area contributed by atoms with E-state index in [1.54, 1.807) is 0 Å². The topological polar surface area (TPSA) is 63.7 Å². The van der Waals surface area contributed by atoms with Crippen molar-refractivity contribution in [3.05, 3.63) is 59.7 Å². The van der Waals surface area contributed by atoms with Crippen molar-refractivity contribution in [2.45, 2.75) is 31.8 Å². The number of amides is 2. The standard InChI is InChI=1S/C23H21NO4/c25-20(13-24-22(26)18-11-5-6-12-19(18)23(24)27)28-21-16-9-3-1-7-14(16)15-8-2-4-10-17(15)21/h1-4,7-10,18-19,21H,5-6,11-13H2/t18-,19+. The zero-order chi connectivity index (χ0) is 19.3. The van der Waals surface area contributed by atoms with Gasteiger partial charge in [0.2, 0.25) is 11.8 Å². The van der Waals surface area contributed by atoms with Gasteiger partial charge >= 0.3 is 5.97 Å². The number of nitrogens with zero attached hydrogens (tertiary/aromatic N) is 1. The Morgan fingerprint density at radius 3 is 1.89 bits per heavy atom. The number of hydrogen-bond acceptors (Lipinski definition) is 4. The van der Waals surface area contributed by atoms with Gasteiger partial charge in [0.25, 0.3) is 0 Å². The number of carbonyl (C=O) groups is 3. The summed E-state index contributed by atoms with van der Waals surface area (Å²) in [6, 6.07) is 15.7. The Hall–Kier alpha value is -2.95. The summed E-state index contributed by atoms with van der Waals surface area (Å²) in [5, 5.41) is 0. The molecule has 0 spiro atoms. The first-order valence-electron chi connectivity index (χ1n) is 9.88. The summed E-state index contributed by atoms with van der Waals surface area (Å²) in [6.07, 6.45) is 2.91. The third kappa shape index (κ3) is 2.57. The first kappa shape index (κ1) is 17.2. The zero-order valence-corrected chi connectivity index (χ0v) is 15.5. The van der Waals surface area contributed by atoms with Crippen LogP contribution in [0.3, 0.4) is 0 Å². The summed E-state index contributed by atoms with van der Waals surface area (Å²) >= 11 is 0. The van der Waals surface area contributed by atoms with Crippen molar-refractivity contribution >= 4 is 17.8 Å². The van der Waals surface area contributed by atoms with Crippen LogP contribution in [0.1, 0.15) is 42.9 Å². The van der Waals surface area contributed by atoms with Crippen LogP contribution < -0.4 is 0 Å². The summed E-state index contributed by atoms with van der Waals surface area (Å²) in [5.41, 5.74) is 3.97. The predicted molar refractivity (Wildman–Crippen MR) is 102 cm³/mol. The molecule has 5 rings (SSSR count). The van der Waals surface area contributed by atoms with Gasteiger partial charge in [0.1, 0.15) is 6.54 Å². The van der Waals surface area contributed by atoms with Gasteiger partial charge in [-0.05, 0) is 24.0 Å². The van der Waals surface area contributed by atoms with Crippen molar-refractivity contribution in [1.82, 2.24) is 4.90 Å². The number of likely N-dealkylation sites (tertiary alicyclic amines) is 1. The largest absolute Gasteiger partial charge is 0.451 e. The minimum Gasteiger partial charge on any atom is -0.451 e. The van der Waals surface area contributed by atoms with Gasteiger partial charge in [0.05, 0.1) is 11.8 Å². The lowest BCUT2D eigenvalue weighted by molar-refractivity contribution is -0.155. The van der Waals surface area contributed by atoms with E-state index in [0.29, 0.717) is 0 Å². The van der Waals surface area contributed by atoms with Gasteiger partial charge < -0.3 is 4.74 Å². The Kier molecular flexibility index (Phi) is 4.04. The third-order valence-corrected chi connectivity index (χ3v) is 6.25. The Morgan fingerprint density at radius 2 is 1.36 bits per heavy atom. The monoisotopic (exact) mass is 375 g/mol. The maximum atomic E-state index is 12.7. The highest BCUT2D eigenvalue weighted by atomic mass is 16.5. The summed E-state index contributed by atoms with van der Waals surface area (Å²) in [4.78, 5) is 39.1. The van der Waals surface area contributed by atoms with E-state index in [1.807, 2.05) is 48.5 Å². The molecule has 1 saturated heterocycles. The maximum absolute atomic E-state index is 12.7. The minimum atomic E-state index is -0.545. The van der Waals surface area contributed by atoms with E-state index in [4.69, 9.17) is 4.74 Å². The van der Waals surface area contributed by atoms with Crippen molar-refractivity contribution in [3.8, 4) is 11.1 Å². The zero-order valence-electron chi connectivity index (χ0n) is 15.5. The number of fused-ring (bicyclic) bond motifs is 4. The Bertz CT molecular complexity index is 913. The first-order valence-corrected chi connectivity index (χ1v) is 9.88. The number of carbonyl (C=O) groups excluding carboxylic acids is 3. The molecule has 1 saturated carbocycles. The molecular weight excluding hydrogens is 354 g/mol. The molecule has 2 amide bonds. The van der Waals surface area contributed by atoms with Crippen LogP contribution in [-0.2, 0) is 19.1 Å². The maximum Gasteiger partial charge on any atom is 0.327 e. The van der Waals surface area contributed by atoms with Crippen molar-refractivity contribution in [1.29, 1.82) is 0 Å². The van der Waals surface area contributed by atoms with Crippen LogP contribution in [-0.4, -0.2) is 29.2 Å². The molecule has 3 aliphatic rings. The highest BCUT2D eigenvalue weighted by Crippen LogP contribution is 2.45. The Labute approximate surface area is 163 Å². The van der Waals surface area contributed by atoms with E-state index >= 15 is 0 Å². The summed E-state index contributed by atoms with van der Waals surface area (Å²) in [5.74, 6) is -1.46. The predicted octanol–water partition coefficient (Wildman–Crippen LogP) is 3.47. The lowest BCUT2D eigenvalue weighted by Crippen LogP contribution is -2.37. The van der Waals surface area contributed by atoms with Crippen LogP contribution >= 0.6 is 0 Å². The molecular formula is C23H21NO4. The quantitative estimate of drug-likeness (QED) is 0.609. The molecule has 2 aromatic rings. The van der Waals surface area contributed by atoms with Crippen LogP contribution in [0.25, 0.3) is 11.1 Å². The third-order valence-electron chi connectivity index (χ3n) is 6.25. The number of ether oxygens (including phenoxy) is 1. The fourth-order valence-corrected chi connectivity index (χ4v) is 4.92. The fourth-order valence-electron chi connectivity index (χ4n) is 4.92. The van der Waals surface area contributed by atoms with Crippen LogP contribution in [0, 0.1) is 11.8 Å². The average Bonchev–Trinajstić information content (AvgIpc) is 3.17. The van der Waals surface area contributed by atoms with E-state index in [2.05, 4.69) is 0 Å². The van der Waals surface area contributed by atoms with Crippen LogP contribution in [0.4, 0.5) is 0 Å². The second-order valence-electron chi connectivity index (χ2n) is 7.80. The highest BCUT2D eigenvalue weighted by Gasteiger charge is 2.49. The van der Waals surface area contributed by atoms with E-state index in [1.165, 1.54) is 0 Å². The molecule has 5 heteroatoms. The van der Waals surface area contributed by atoms with Gasteiger partial charge in [-0.3, -0.25) is 19.3 Å². The lowest BCUT2D eigenvalue weighted by atomic mass is 9.81. The fraction of sp³-hybridized carbons (Fsp3) is 0.348. The SMILES string of the molecule is O=C(CN1C(=O)[C@H]2CCCC[C@H]2C1=O)OC1c2ccccc2-c2ccccc21. The lowest BCUT2D eigenvalue weighted by Gasteiger charge is -2.19. The Balaban J connectivity index is 1.37. The van der Waals surface area contributed by atoms with E-state index in [9.17, 15) is 14.4 Å². The van der Waals surface area contributed by atoms with Crippen LogP contribution in [0.5, 0.6) is 0 Å². The van der Waals surface area contributed by atoms with E-state index < -0.39 is 12.1 Å². The van der Waals surface area contributed by atoms with Gasteiger partial charge in [0, 0.05) is 11.1 Å². The second kappa shape index (κ2) is 6.59. The van der Waals surface area contributed by atoms with Gasteiger partial charge in [0.15, 0.2) is 6.10 Å². The van der Waals surface area contributed by atoms with Gasteiger partial charge in [-0.2, -0.15) is 0 Å². The van der Waals surface area contributed by atoms with Crippen molar-refractivity contribution in [2.24, 2.45) is 11.8 Å². The van der Waals surface area contributed by atoms with Crippen molar-refractivity contribution in [3.63, 3.8) is 0 Å². The molecule has 2 fully saturated rings. The molecule has 0 N–H and O–H groups in total. The van der Waals surface area contributed by atoms with Gasteiger partial charge in [-0.15, -0.1) is 0 Å². The van der Waals surface area contributed by atoms with E-state index in [-0.39, 0.29) is 30.2 Å². The normalized spacial score (nSPS) is 23.4. The highest BCUT2D eigenvalue weighted by molar-refractivity contribution is 6.07. The number of benzene rings is 2. The number of imide groups is 1. The number of hydrogen-bond donors (Lipinski definition) is 0. The number of esters is 1. The first-order chi connectivity index (χ1) is 13.6. The van der Waals surface area contributed by atoms with Crippen LogP contribution in [0.2, 0.25) is 0 Å². The molecule has 1 heterocycles. The minimum absolute atomic E-state index is 0.209. The molecule has 0 aromatic heterocycles. The molecule has 2 aromatic carbocycles.